The van der Waals surface area contributed by atoms with Gasteiger partial charge in [-0.3, -0.25) is 9.88 Å². The Bertz CT molecular complexity index is 287. The maximum atomic E-state index is 4.04. The third-order valence-electron chi connectivity index (χ3n) is 2.13. The van der Waals surface area contributed by atoms with Gasteiger partial charge in [0.05, 0.1) is 12.2 Å². The molecule has 0 radical (unpaired) electrons. The highest BCUT2D eigenvalue weighted by atomic mass is 15.4. The Hall–Kier alpha value is -0.900. The van der Waals surface area contributed by atoms with Crippen molar-refractivity contribution in [1.29, 1.82) is 0 Å². The second kappa shape index (κ2) is 1.82. The second-order valence-electron chi connectivity index (χ2n) is 3.41. The first-order chi connectivity index (χ1) is 5.11. The van der Waals surface area contributed by atoms with Crippen LogP contribution in [0.1, 0.15) is 25.5 Å². The van der Waals surface area contributed by atoms with Crippen LogP contribution in [-0.2, 0) is 12.2 Å². The number of aromatic nitrogens is 3. The van der Waals surface area contributed by atoms with Gasteiger partial charge in [-0.2, -0.15) is 0 Å². The fourth-order valence-corrected chi connectivity index (χ4v) is 1.62. The highest BCUT2D eigenvalue weighted by Crippen LogP contribution is 2.21. The lowest BCUT2D eigenvalue weighted by molar-refractivity contribution is 0.314. The number of nitrogens with zero attached hydrogens (tertiary/aromatic N) is 3. The van der Waals surface area contributed by atoms with E-state index in [0.717, 1.165) is 18.2 Å². The van der Waals surface area contributed by atoms with Gasteiger partial charge >= 0.3 is 0 Å². The van der Waals surface area contributed by atoms with Crippen LogP contribution in [0.15, 0.2) is 0 Å². The largest absolute Gasteiger partial charge is 0.296 e. The Kier molecular flexibility index (Phi) is 1.12. The van der Waals surface area contributed by atoms with E-state index in [0.29, 0.717) is 0 Å². The van der Waals surface area contributed by atoms with E-state index in [1.54, 1.807) is 0 Å². The first-order valence-corrected chi connectivity index (χ1v) is 3.78. The van der Waals surface area contributed by atoms with E-state index in [2.05, 4.69) is 33.9 Å². The molecule has 4 heteroatoms. The summed E-state index contributed by atoms with van der Waals surface area (Å²) in [6, 6.07) is 0. The van der Waals surface area contributed by atoms with Crippen LogP contribution in [0.3, 0.4) is 0 Å². The molecule has 1 N–H and O–H groups in total. The lowest BCUT2D eigenvalue weighted by atomic mass is 10.2. The summed E-state index contributed by atoms with van der Waals surface area (Å²) in [5.74, 6) is 2.02. The molecular weight excluding hydrogens is 140 g/mol. The molecule has 0 bridgehead atoms. The molecule has 0 unspecified atom stereocenters. The van der Waals surface area contributed by atoms with Crippen LogP contribution < -0.4 is 5.32 Å². The molecule has 0 spiro atoms. The van der Waals surface area contributed by atoms with Gasteiger partial charge in [0.15, 0.2) is 0 Å². The summed E-state index contributed by atoms with van der Waals surface area (Å²) in [4.78, 5) is 0. The molecule has 2 rings (SSSR count). The summed E-state index contributed by atoms with van der Waals surface area (Å²) in [6.07, 6.45) is 0. The van der Waals surface area contributed by atoms with Crippen LogP contribution in [0.5, 0.6) is 0 Å². The Morgan fingerprint density at radius 2 is 2.18 bits per heavy atom. The molecule has 0 aromatic carbocycles. The third-order valence-corrected chi connectivity index (χ3v) is 2.13. The zero-order valence-electron chi connectivity index (χ0n) is 7.05. The van der Waals surface area contributed by atoms with Gasteiger partial charge in [-0.05, 0) is 20.8 Å². The smallest absolute Gasteiger partial charge is 0.148 e. The fraction of sp³-hybridized carbons (Fsp3) is 0.714. The zero-order chi connectivity index (χ0) is 8.06. The van der Waals surface area contributed by atoms with Gasteiger partial charge in [0.2, 0.25) is 0 Å². The summed E-state index contributed by atoms with van der Waals surface area (Å²) in [7, 11) is 0. The Morgan fingerprint density at radius 1 is 1.45 bits per heavy atom. The molecule has 1 aromatic rings. The highest BCUT2D eigenvalue weighted by Gasteiger charge is 2.31. The Balaban J connectivity index is 2.60. The molecule has 11 heavy (non-hydrogen) atoms. The summed E-state index contributed by atoms with van der Waals surface area (Å²) in [5, 5.41) is 11.4. The molecule has 1 aromatic heterocycles. The minimum Gasteiger partial charge on any atom is -0.296 e. The minimum atomic E-state index is -0.0110. The molecule has 1 aliphatic rings. The molecule has 0 atom stereocenters. The van der Waals surface area contributed by atoms with E-state index in [-0.39, 0.29) is 5.66 Å². The minimum absolute atomic E-state index is 0.0110. The number of rotatable bonds is 0. The first kappa shape index (κ1) is 6.79. The fourth-order valence-electron chi connectivity index (χ4n) is 1.62. The van der Waals surface area contributed by atoms with Crippen LogP contribution >= 0.6 is 0 Å². The standard InChI is InChI=1S/C7H12N4/c1-5-9-10-6-4-8-7(2,3)11(5)6/h8H,4H2,1-3H3. The van der Waals surface area contributed by atoms with Crippen LogP contribution in [0, 0.1) is 6.92 Å². The lowest BCUT2D eigenvalue weighted by Gasteiger charge is -2.21. The van der Waals surface area contributed by atoms with Gasteiger partial charge in [-0.15, -0.1) is 10.2 Å². The predicted molar refractivity (Wildman–Crippen MR) is 40.9 cm³/mol. The zero-order valence-corrected chi connectivity index (χ0v) is 7.05. The van der Waals surface area contributed by atoms with Gasteiger partial charge in [0, 0.05) is 0 Å². The van der Waals surface area contributed by atoms with Gasteiger partial charge in [0.25, 0.3) is 0 Å². The van der Waals surface area contributed by atoms with Crippen LogP contribution in [0.25, 0.3) is 0 Å². The summed E-state index contributed by atoms with van der Waals surface area (Å²) in [5.41, 5.74) is -0.0110. The van der Waals surface area contributed by atoms with E-state index >= 15 is 0 Å². The van der Waals surface area contributed by atoms with Crippen molar-refractivity contribution in [2.45, 2.75) is 33.0 Å². The third kappa shape index (κ3) is 0.790. The van der Waals surface area contributed by atoms with Gasteiger partial charge in [-0.1, -0.05) is 0 Å². The molecular formula is C7H12N4. The summed E-state index contributed by atoms with van der Waals surface area (Å²) in [6.45, 7) is 7.05. The van der Waals surface area contributed by atoms with Crippen LogP contribution in [0.4, 0.5) is 0 Å². The van der Waals surface area contributed by atoms with Gasteiger partial charge in [-0.25, -0.2) is 0 Å². The van der Waals surface area contributed by atoms with Crippen molar-refractivity contribution in [1.82, 2.24) is 20.1 Å². The molecule has 0 saturated carbocycles. The Morgan fingerprint density at radius 3 is 2.82 bits per heavy atom. The van der Waals surface area contributed by atoms with Crippen LogP contribution in [-0.4, -0.2) is 14.8 Å². The molecule has 1 aliphatic heterocycles. The summed E-state index contributed by atoms with van der Waals surface area (Å²) >= 11 is 0. The van der Waals surface area contributed by atoms with E-state index in [1.165, 1.54) is 0 Å². The highest BCUT2D eigenvalue weighted by molar-refractivity contribution is 5.04. The number of aryl methyl sites for hydroxylation is 1. The maximum Gasteiger partial charge on any atom is 0.148 e. The number of nitrogens with one attached hydrogen (secondary N) is 1. The van der Waals surface area contributed by atoms with Crippen molar-refractivity contribution in [2.24, 2.45) is 0 Å². The topological polar surface area (TPSA) is 42.7 Å². The average molecular weight is 152 g/mol. The van der Waals surface area contributed by atoms with Crippen molar-refractivity contribution < 1.29 is 0 Å². The molecule has 2 heterocycles. The van der Waals surface area contributed by atoms with Crippen molar-refractivity contribution in [3.05, 3.63) is 11.6 Å². The molecule has 0 aliphatic carbocycles. The maximum absolute atomic E-state index is 4.04. The molecule has 0 fully saturated rings. The number of fused-ring (bicyclic) bond motifs is 1. The second-order valence-corrected chi connectivity index (χ2v) is 3.41. The SMILES string of the molecule is Cc1nnc2n1C(C)(C)NC2. The van der Waals surface area contributed by atoms with Crippen molar-refractivity contribution in [2.75, 3.05) is 0 Å². The van der Waals surface area contributed by atoms with E-state index in [1.807, 2.05) is 6.92 Å². The van der Waals surface area contributed by atoms with Gasteiger partial charge in [0.1, 0.15) is 11.6 Å². The van der Waals surface area contributed by atoms with Crippen molar-refractivity contribution in [3.8, 4) is 0 Å². The summed E-state index contributed by atoms with van der Waals surface area (Å²) < 4.78 is 2.13. The molecule has 4 nitrogen and oxygen atoms in total. The quantitative estimate of drug-likeness (QED) is 0.584. The monoisotopic (exact) mass is 152 g/mol. The van der Waals surface area contributed by atoms with Crippen molar-refractivity contribution >= 4 is 0 Å². The van der Waals surface area contributed by atoms with Gasteiger partial charge < -0.3 is 0 Å². The molecule has 0 saturated heterocycles. The number of hydrogen-bond acceptors (Lipinski definition) is 3. The average Bonchev–Trinajstić information content (AvgIpc) is 2.38. The van der Waals surface area contributed by atoms with Crippen LogP contribution in [0.2, 0.25) is 0 Å². The first-order valence-electron chi connectivity index (χ1n) is 3.78. The lowest BCUT2D eigenvalue weighted by Crippen LogP contribution is -2.35. The van der Waals surface area contributed by atoms with E-state index < -0.39 is 0 Å². The predicted octanol–water partition coefficient (Wildman–Crippen LogP) is 0.382. The number of hydrogen-bond donors (Lipinski definition) is 1. The molecule has 60 valence electrons. The van der Waals surface area contributed by atoms with Crippen molar-refractivity contribution in [3.63, 3.8) is 0 Å². The Labute approximate surface area is 65.6 Å². The van der Waals surface area contributed by atoms with E-state index in [9.17, 15) is 0 Å². The molecule has 0 amide bonds. The van der Waals surface area contributed by atoms with E-state index in [4.69, 9.17) is 0 Å². The normalized spacial score (nSPS) is 20.3.